The molecule has 2 aromatic rings. The second-order valence-electron chi connectivity index (χ2n) is 3.54. The quantitative estimate of drug-likeness (QED) is 0.634. The maximum Gasteiger partial charge on any atom is 0.132 e. The molecule has 0 bridgehead atoms. The van der Waals surface area contributed by atoms with E-state index in [0.717, 1.165) is 11.9 Å². The molecular formula is C11H10BrI2N3. The second-order valence-corrected chi connectivity index (χ2v) is 6.50. The zero-order chi connectivity index (χ0) is 12.4. The third-order valence-corrected chi connectivity index (χ3v) is 5.92. The van der Waals surface area contributed by atoms with Gasteiger partial charge in [-0.3, -0.25) is 0 Å². The maximum atomic E-state index is 5.89. The summed E-state index contributed by atoms with van der Waals surface area (Å²) in [6.07, 6.45) is 1.85. The molecule has 17 heavy (non-hydrogen) atoms. The van der Waals surface area contributed by atoms with E-state index >= 15 is 0 Å². The number of rotatable bonds is 3. The van der Waals surface area contributed by atoms with E-state index in [1.54, 1.807) is 0 Å². The van der Waals surface area contributed by atoms with Crippen LogP contribution in [0.1, 0.15) is 11.6 Å². The summed E-state index contributed by atoms with van der Waals surface area (Å²) in [5.74, 6) is 0. The van der Waals surface area contributed by atoms with Crippen LogP contribution >= 0.6 is 61.1 Å². The fourth-order valence-electron chi connectivity index (χ4n) is 1.64. The van der Waals surface area contributed by atoms with Crippen molar-refractivity contribution in [3.05, 3.63) is 48.0 Å². The number of aromatic nitrogens is 2. The van der Waals surface area contributed by atoms with Crippen LogP contribution in [-0.2, 0) is 0 Å². The Kier molecular flexibility index (Phi) is 4.84. The van der Waals surface area contributed by atoms with Gasteiger partial charge in [-0.15, -0.1) is 0 Å². The van der Waals surface area contributed by atoms with E-state index in [0.29, 0.717) is 6.54 Å². The molecule has 0 aliphatic heterocycles. The molecule has 1 atom stereocenters. The first-order valence-corrected chi connectivity index (χ1v) is 7.92. The van der Waals surface area contributed by atoms with Gasteiger partial charge in [-0.1, -0.05) is 28.1 Å². The van der Waals surface area contributed by atoms with Crippen LogP contribution in [0.25, 0.3) is 0 Å². The highest BCUT2D eigenvalue weighted by Gasteiger charge is 2.16. The van der Waals surface area contributed by atoms with E-state index in [1.807, 2.05) is 18.5 Å². The highest BCUT2D eigenvalue weighted by Crippen LogP contribution is 2.24. The first kappa shape index (κ1) is 13.8. The summed E-state index contributed by atoms with van der Waals surface area (Å²) >= 11 is 7.97. The summed E-state index contributed by atoms with van der Waals surface area (Å²) in [4.78, 5) is 4.31. The molecule has 2 rings (SSSR count). The third-order valence-electron chi connectivity index (χ3n) is 2.51. The van der Waals surface area contributed by atoms with Crippen LogP contribution in [0.4, 0.5) is 0 Å². The van der Waals surface area contributed by atoms with Gasteiger partial charge in [-0.05, 0) is 62.9 Å². The molecule has 6 heteroatoms. The Bertz CT molecular complexity index is 510. The van der Waals surface area contributed by atoms with E-state index in [9.17, 15) is 0 Å². The molecule has 1 heterocycles. The molecular weight excluding hydrogens is 508 g/mol. The molecule has 0 amide bonds. The van der Waals surface area contributed by atoms with Crippen molar-refractivity contribution in [2.75, 3.05) is 6.54 Å². The van der Waals surface area contributed by atoms with Gasteiger partial charge in [0.25, 0.3) is 0 Å². The van der Waals surface area contributed by atoms with Gasteiger partial charge in [0.15, 0.2) is 0 Å². The first-order chi connectivity index (χ1) is 8.13. The molecule has 90 valence electrons. The number of imidazole rings is 1. The molecule has 0 aliphatic carbocycles. The highest BCUT2D eigenvalue weighted by molar-refractivity contribution is 14.1. The van der Waals surface area contributed by atoms with Gasteiger partial charge >= 0.3 is 0 Å². The minimum atomic E-state index is 0.144. The summed E-state index contributed by atoms with van der Waals surface area (Å²) in [6, 6.07) is 8.39. The van der Waals surface area contributed by atoms with Gasteiger partial charge in [-0.2, -0.15) is 0 Å². The van der Waals surface area contributed by atoms with Gasteiger partial charge in [0.1, 0.15) is 7.40 Å². The zero-order valence-corrected chi connectivity index (χ0v) is 14.7. The summed E-state index contributed by atoms with van der Waals surface area (Å²) in [6.45, 7) is 0.560. The van der Waals surface area contributed by atoms with Crippen LogP contribution in [0.3, 0.4) is 0 Å². The van der Waals surface area contributed by atoms with E-state index in [1.165, 1.54) is 5.56 Å². The lowest BCUT2D eigenvalue weighted by atomic mass is 10.1. The smallest absolute Gasteiger partial charge is 0.132 e. The van der Waals surface area contributed by atoms with Gasteiger partial charge in [0, 0.05) is 11.0 Å². The number of nitrogens with two attached hydrogens (primary N) is 1. The topological polar surface area (TPSA) is 43.8 Å². The average molecular weight is 518 g/mol. The predicted octanol–water partition coefficient (Wildman–Crippen LogP) is 3.40. The van der Waals surface area contributed by atoms with Crippen molar-refractivity contribution in [1.82, 2.24) is 9.55 Å². The largest absolute Gasteiger partial charge is 0.328 e. The van der Waals surface area contributed by atoms with Crippen molar-refractivity contribution in [2.24, 2.45) is 5.73 Å². The Morgan fingerprint density at radius 1 is 1.29 bits per heavy atom. The molecule has 0 radical (unpaired) electrons. The summed E-state index contributed by atoms with van der Waals surface area (Å²) in [5.41, 5.74) is 7.08. The Balaban J connectivity index is 2.40. The normalized spacial score (nSPS) is 12.7. The van der Waals surface area contributed by atoms with Crippen molar-refractivity contribution in [1.29, 1.82) is 0 Å². The van der Waals surface area contributed by atoms with Gasteiger partial charge in [-0.25, -0.2) is 4.98 Å². The molecule has 0 saturated carbocycles. The molecule has 0 aliphatic rings. The van der Waals surface area contributed by atoms with Crippen LogP contribution in [0, 0.1) is 7.40 Å². The predicted molar refractivity (Wildman–Crippen MR) is 89.0 cm³/mol. The van der Waals surface area contributed by atoms with Crippen molar-refractivity contribution in [3.63, 3.8) is 0 Å². The highest BCUT2D eigenvalue weighted by atomic mass is 127. The average Bonchev–Trinajstić information content (AvgIpc) is 2.65. The SMILES string of the molecule is NCC(c1ccc(Br)cc1)n1cnc(I)c1I. The van der Waals surface area contributed by atoms with Gasteiger partial charge < -0.3 is 10.3 Å². The number of hydrogen-bond acceptors (Lipinski definition) is 2. The lowest BCUT2D eigenvalue weighted by molar-refractivity contribution is 0.583. The molecule has 0 fully saturated rings. The maximum absolute atomic E-state index is 5.89. The minimum absolute atomic E-state index is 0.144. The summed E-state index contributed by atoms with van der Waals surface area (Å²) in [7, 11) is 0. The molecule has 1 unspecified atom stereocenters. The lowest BCUT2D eigenvalue weighted by Crippen LogP contribution is -2.21. The Labute approximate surface area is 136 Å². The van der Waals surface area contributed by atoms with E-state index < -0.39 is 0 Å². The fraction of sp³-hybridized carbons (Fsp3) is 0.182. The molecule has 3 nitrogen and oxygen atoms in total. The molecule has 0 spiro atoms. The van der Waals surface area contributed by atoms with Crippen molar-refractivity contribution < 1.29 is 0 Å². The summed E-state index contributed by atoms with van der Waals surface area (Å²) < 4.78 is 5.33. The molecule has 2 N–H and O–H groups in total. The van der Waals surface area contributed by atoms with Gasteiger partial charge in [0.2, 0.25) is 0 Å². The van der Waals surface area contributed by atoms with E-state index in [4.69, 9.17) is 5.73 Å². The van der Waals surface area contributed by atoms with Crippen LogP contribution < -0.4 is 5.73 Å². The van der Waals surface area contributed by atoms with Gasteiger partial charge in [0.05, 0.1) is 12.4 Å². The van der Waals surface area contributed by atoms with Crippen LogP contribution in [0.15, 0.2) is 35.1 Å². The van der Waals surface area contributed by atoms with Crippen LogP contribution in [0.5, 0.6) is 0 Å². The van der Waals surface area contributed by atoms with E-state index in [2.05, 4.69) is 82.8 Å². The molecule has 1 aromatic carbocycles. The minimum Gasteiger partial charge on any atom is -0.328 e. The Morgan fingerprint density at radius 2 is 1.94 bits per heavy atom. The number of halogens is 3. The monoisotopic (exact) mass is 517 g/mol. The fourth-order valence-corrected chi connectivity index (χ4v) is 2.90. The van der Waals surface area contributed by atoms with Crippen LogP contribution in [0.2, 0.25) is 0 Å². The molecule has 0 saturated heterocycles. The van der Waals surface area contributed by atoms with Crippen molar-refractivity contribution in [2.45, 2.75) is 6.04 Å². The summed E-state index contributed by atoms with van der Waals surface area (Å²) in [5, 5.41) is 0. The van der Waals surface area contributed by atoms with Crippen molar-refractivity contribution >= 4 is 61.1 Å². The standard InChI is InChI=1S/C11H10BrI2N3/c12-8-3-1-7(2-4-8)9(5-15)17-6-16-10(13)11(17)14/h1-4,6,9H,5,15H2. The molecule has 1 aromatic heterocycles. The lowest BCUT2D eigenvalue weighted by Gasteiger charge is -2.18. The Morgan fingerprint density at radius 3 is 2.41 bits per heavy atom. The van der Waals surface area contributed by atoms with Crippen LogP contribution in [-0.4, -0.2) is 16.1 Å². The second kappa shape index (κ2) is 5.98. The number of benzene rings is 1. The third kappa shape index (κ3) is 3.02. The number of hydrogen-bond donors (Lipinski definition) is 1. The van der Waals surface area contributed by atoms with E-state index in [-0.39, 0.29) is 6.04 Å². The first-order valence-electron chi connectivity index (χ1n) is 4.97. The number of nitrogens with zero attached hydrogens (tertiary/aromatic N) is 2. The zero-order valence-electron chi connectivity index (χ0n) is 8.78. The Hall–Kier alpha value is 0.330. The van der Waals surface area contributed by atoms with Crippen molar-refractivity contribution in [3.8, 4) is 0 Å².